The van der Waals surface area contributed by atoms with E-state index in [1.165, 1.54) is 11.8 Å². The van der Waals surface area contributed by atoms with Crippen molar-refractivity contribution in [2.45, 2.75) is 32.0 Å². The van der Waals surface area contributed by atoms with Gasteiger partial charge in [-0.25, -0.2) is 4.68 Å². The van der Waals surface area contributed by atoms with Gasteiger partial charge in [0.2, 0.25) is 11.1 Å². The van der Waals surface area contributed by atoms with Gasteiger partial charge in [-0.05, 0) is 38.5 Å². The fourth-order valence-corrected chi connectivity index (χ4v) is 5.16. The number of allylic oxidation sites excluding steroid dienone is 1. The maximum atomic E-state index is 13.7. The van der Waals surface area contributed by atoms with E-state index in [1.54, 1.807) is 23.9 Å². The molecule has 2 heterocycles. The number of benzene rings is 3. The van der Waals surface area contributed by atoms with Gasteiger partial charge in [0.15, 0.2) is 5.78 Å². The molecule has 3 aromatic carbocycles. The number of ketones is 1. The van der Waals surface area contributed by atoms with Gasteiger partial charge in [-0.1, -0.05) is 83.6 Å². The Morgan fingerprint density at radius 1 is 0.974 bits per heavy atom. The molecular weight excluding hydrogens is 510 g/mol. The zero-order valence-corrected chi connectivity index (χ0v) is 23.0. The highest BCUT2D eigenvalue weighted by Gasteiger charge is 2.34. The molecule has 0 bridgehead atoms. The van der Waals surface area contributed by atoms with Crippen LogP contribution < -0.4 is 15.4 Å². The first kappa shape index (κ1) is 26.2. The van der Waals surface area contributed by atoms with Gasteiger partial charge in [-0.15, -0.1) is 5.10 Å². The molecule has 0 radical (unpaired) electrons. The molecule has 5 rings (SSSR count). The number of carbonyl (C=O) groups is 2. The van der Waals surface area contributed by atoms with Crippen LogP contribution in [0.1, 0.15) is 40.0 Å². The van der Waals surface area contributed by atoms with E-state index in [2.05, 4.69) is 15.6 Å². The van der Waals surface area contributed by atoms with Gasteiger partial charge in [0.25, 0.3) is 5.91 Å². The number of aryl methyl sites for hydroxylation is 2. The number of anilines is 2. The summed E-state index contributed by atoms with van der Waals surface area (Å²) in [4.78, 5) is 31.1. The lowest BCUT2D eigenvalue weighted by Crippen LogP contribution is -2.31. The average molecular weight is 540 g/mol. The third-order valence-electron chi connectivity index (χ3n) is 6.53. The maximum absolute atomic E-state index is 13.7. The van der Waals surface area contributed by atoms with Crippen LogP contribution in [0.15, 0.2) is 89.2 Å². The molecule has 0 fully saturated rings. The van der Waals surface area contributed by atoms with Crippen LogP contribution in [0.4, 0.5) is 11.6 Å². The molecule has 1 aromatic heterocycles. The molecule has 1 atom stereocenters. The third kappa shape index (κ3) is 5.58. The topological polar surface area (TPSA) is 98.1 Å². The molecule has 9 heteroatoms. The second-order valence-electron chi connectivity index (χ2n) is 9.37. The summed E-state index contributed by atoms with van der Waals surface area (Å²) in [5, 5.41) is 11.4. The number of carbonyl (C=O) groups excluding carboxylic acids is 2. The number of fused-ring (bicyclic) bond motifs is 1. The summed E-state index contributed by atoms with van der Waals surface area (Å²) in [7, 11) is 1.57. The van der Waals surface area contributed by atoms with Crippen LogP contribution in [0.25, 0.3) is 0 Å². The first-order chi connectivity index (χ1) is 18.8. The number of hydrogen-bond acceptors (Lipinski definition) is 7. The van der Waals surface area contributed by atoms with Gasteiger partial charge < -0.3 is 15.4 Å². The highest BCUT2D eigenvalue weighted by atomic mass is 32.2. The van der Waals surface area contributed by atoms with Gasteiger partial charge in [0, 0.05) is 11.3 Å². The minimum atomic E-state index is -0.522. The molecule has 8 nitrogen and oxygen atoms in total. The number of nitrogens with one attached hydrogen (secondary N) is 2. The Hall–Kier alpha value is -4.37. The van der Waals surface area contributed by atoms with Gasteiger partial charge in [-0.2, -0.15) is 4.98 Å². The average Bonchev–Trinajstić information content (AvgIpc) is 3.34. The standard InChI is InChI=1S/C30H29N5O3S/c1-18-9-13-21(14-10-18)24(36)17-39-30-33-29-31-20(3)26(28(37)32-23-7-5-6-8-25(23)38-4)27(35(29)34-30)22-15-11-19(2)12-16-22/h5-16,27H,17H2,1-4H3,(H,32,37)(H,31,33,34)/t27-/m0/s1. The van der Waals surface area contributed by atoms with Crippen molar-refractivity contribution in [2.75, 3.05) is 23.5 Å². The fraction of sp³-hybridized carbons (Fsp3) is 0.200. The summed E-state index contributed by atoms with van der Waals surface area (Å²) in [5.41, 5.74) is 5.51. The molecule has 2 N–H and O–H groups in total. The molecular formula is C30H29N5O3S. The number of para-hydroxylation sites is 2. The second kappa shape index (κ2) is 11.2. The van der Waals surface area contributed by atoms with Crippen LogP contribution in [0.3, 0.4) is 0 Å². The van der Waals surface area contributed by atoms with E-state index in [9.17, 15) is 9.59 Å². The smallest absolute Gasteiger partial charge is 0.255 e. The van der Waals surface area contributed by atoms with E-state index in [-0.39, 0.29) is 17.4 Å². The van der Waals surface area contributed by atoms with Crippen LogP contribution in [-0.2, 0) is 4.79 Å². The number of nitrogens with zero attached hydrogens (tertiary/aromatic N) is 3. The summed E-state index contributed by atoms with van der Waals surface area (Å²) in [6.07, 6.45) is 0. The molecule has 39 heavy (non-hydrogen) atoms. The number of methoxy groups -OCH3 is 1. The van der Waals surface area contributed by atoms with Gasteiger partial charge >= 0.3 is 0 Å². The molecule has 0 saturated heterocycles. The van der Waals surface area contributed by atoms with Crippen molar-refractivity contribution in [3.05, 3.63) is 106 Å². The van der Waals surface area contributed by atoms with E-state index in [4.69, 9.17) is 9.84 Å². The predicted octanol–water partition coefficient (Wildman–Crippen LogP) is 5.81. The third-order valence-corrected chi connectivity index (χ3v) is 7.37. The lowest BCUT2D eigenvalue weighted by atomic mass is 9.94. The minimum absolute atomic E-state index is 0.00185. The summed E-state index contributed by atoms with van der Waals surface area (Å²) >= 11 is 1.27. The van der Waals surface area contributed by atoms with Crippen molar-refractivity contribution in [1.29, 1.82) is 0 Å². The largest absolute Gasteiger partial charge is 0.495 e. The van der Waals surface area contributed by atoms with Crippen molar-refractivity contribution in [1.82, 2.24) is 14.8 Å². The van der Waals surface area contributed by atoms with Crippen molar-refractivity contribution in [3.63, 3.8) is 0 Å². The SMILES string of the molecule is COc1ccccc1NC(=O)C1=C(C)Nc2nc(SCC(=O)c3ccc(C)cc3)nn2[C@H]1c1ccc(C)cc1. The number of rotatable bonds is 8. The minimum Gasteiger partial charge on any atom is -0.495 e. The number of thioether (sulfide) groups is 1. The van der Waals surface area contributed by atoms with Gasteiger partial charge in [0.1, 0.15) is 11.8 Å². The number of hydrogen-bond donors (Lipinski definition) is 2. The Kier molecular flexibility index (Phi) is 7.51. The van der Waals surface area contributed by atoms with Crippen molar-refractivity contribution >= 4 is 35.1 Å². The van der Waals surface area contributed by atoms with E-state index in [0.717, 1.165) is 16.7 Å². The molecule has 1 aliphatic heterocycles. The van der Waals surface area contributed by atoms with Crippen LogP contribution in [0, 0.1) is 13.8 Å². The van der Waals surface area contributed by atoms with Crippen LogP contribution in [0.5, 0.6) is 5.75 Å². The van der Waals surface area contributed by atoms with E-state index in [0.29, 0.717) is 39.4 Å². The zero-order chi connectivity index (χ0) is 27.5. The van der Waals surface area contributed by atoms with Crippen LogP contribution >= 0.6 is 11.8 Å². The van der Waals surface area contributed by atoms with Gasteiger partial charge in [0.05, 0.1) is 24.1 Å². The molecule has 0 unspecified atom stereocenters. The molecule has 198 valence electrons. The first-order valence-electron chi connectivity index (χ1n) is 12.5. The van der Waals surface area contributed by atoms with Crippen molar-refractivity contribution in [2.24, 2.45) is 0 Å². The monoisotopic (exact) mass is 539 g/mol. The summed E-state index contributed by atoms with van der Waals surface area (Å²) in [6.45, 7) is 5.86. The highest BCUT2D eigenvalue weighted by Crippen LogP contribution is 2.37. The van der Waals surface area contributed by atoms with Gasteiger partial charge in [-0.3, -0.25) is 9.59 Å². The summed E-state index contributed by atoms with van der Waals surface area (Å²) in [5.74, 6) is 1.01. The summed E-state index contributed by atoms with van der Waals surface area (Å²) < 4.78 is 7.14. The molecule has 1 aliphatic rings. The number of Topliss-reactive ketones (excluding diaryl/α,β-unsaturated/α-hetero) is 1. The molecule has 0 aliphatic carbocycles. The quantitative estimate of drug-likeness (QED) is 0.216. The fourth-order valence-electron chi connectivity index (χ4n) is 4.43. The molecule has 0 spiro atoms. The van der Waals surface area contributed by atoms with Crippen LogP contribution in [-0.4, -0.2) is 39.3 Å². The maximum Gasteiger partial charge on any atom is 0.255 e. The summed E-state index contributed by atoms with van der Waals surface area (Å²) in [6, 6.07) is 22.3. The molecule has 0 saturated carbocycles. The Balaban J connectivity index is 1.45. The molecule has 1 amide bonds. The van der Waals surface area contributed by atoms with Crippen molar-refractivity contribution in [3.8, 4) is 5.75 Å². The van der Waals surface area contributed by atoms with Crippen molar-refractivity contribution < 1.29 is 14.3 Å². The second-order valence-corrected chi connectivity index (χ2v) is 10.3. The first-order valence-corrected chi connectivity index (χ1v) is 13.5. The number of amides is 1. The zero-order valence-electron chi connectivity index (χ0n) is 22.2. The van der Waals surface area contributed by atoms with E-state index < -0.39 is 6.04 Å². The normalized spacial score (nSPS) is 14.4. The Bertz CT molecular complexity index is 1560. The Labute approximate surface area is 231 Å². The predicted molar refractivity (Wildman–Crippen MR) is 154 cm³/mol. The Morgan fingerprint density at radius 2 is 1.64 bits per heavy atom. The lowest BCUT2D eigenvalue weighted by Gasteiger charge is -2.29. The number of aromatic nitrogens is 3. The van der Waals surface area contributed by atoms with E-state index in [1.807, 2.05) is 81.4 Å². The Morgan fingerprint density at radius 3 is 2.33 bits per heavy atom. The highest BCUT2D eigenvalue weighted by molar-refractivity contribution is 7.99. The molecule has 4 aromatic rings. The van der Waals surface area contributed by atoms with Crippen LogP contribution in [0.2, 0.25) is 0 Å². The van der Waals surface area contributed by atoms with E-state index >= 15 is 0 Å². The lowest BCUT2D eigenvalue weighted by molar-refractivity contribution is -0.113. The number of ether oxygens (including phenoxy) is 1.